The third-order valence-corrected chi connectivity index (χ3v) is 2.31. The van der Waals surface area contributed by atoms with E-state index in [1.807, 2.05) is 5.32 Å². The molecule has 0 bridgehead atoms. The first-order valence-corrected chi connectivity index (χ1v) is 5.78. The van der Waals surface area contributed by atoms with Gasteiger partial charge in [0.1, 0.15) is 6.10 Å². The van der Waals surface area contributed by atoms with E-state index in [-0.39, 0.29) is 6.42 Å². The van der Waals surface area contributed by atoms with Crippen molar-refractivity contribution in [2.45, 2.75) is 33.3 Å². The summed E-state index contributed by atoms with van der Waals surface area (Å²) in [6.07, 6.45) is -1.19. The van der Waals surface area contributed by atoms with Crippen molar-refractivity contribution in [3.8, 4) is 0 Å². The number of amides is 2. The number of carbonyl (C=O) groups is 2. The minimum absolute atomic E-state index is 0.0845. The first-order chi connectivity index (χ1) is 8.88. The van der Waals surface area contributed by atoms with Gasteiger partial charge in [0.2, 0.25) is 5.91 Å². The number of nitrogens with one attached hydrogen (secondary N) is 1. The summed E-state index contributed by atoms with van der Waals surface area (Å²) >= 11 is 0. The van der Waals surface area contributed by atoms with Gasteiger partial charge in [-0.1, -0.05) is 34.9 Å². The Balaban J connectivity index is 0.000000303. The van der Waals surface area contributed by atoms with Crippen LogP contribution in [0.1, 0.15) is 23.1 Å². The summed E-state index contributed by atoms with van der Waals surface area (Å²) in [5.41, 5.74) is 4.06. The zero-order valence-electron chi connectivity index (χ0n) is 11.4. The molecule has 1 atom stereocenters. The zero-order valence-corrected chi connectivity index (χ0v) is 11.4. The van der Waals surface area contributed by atoms with Crippen molar-refractivity contribution in [3.05, 3.63) is 34.9 Å². The smallest absolute Gasteiger partial charge is 0.255 e. The number of hydrazine groups is 1. The first-order valence-electron chi connectivity index (χ1n) is 5.78. The number of aliphatic hydroxyl groups is 1. The predicted molar refractivity (Wildman–Crippen MR) is 72.8 cm³/mol. The standard InChI is InChI=1S/C9H12.C4H5NO3.H4N2/c1-7-4-8(2)6-9(3)5-7;6-2-1-3(7)5-4(2)8;1-2/h4-6H,1-3H3;2,6H,1H2,(H,5,7,8);1-2H2. The normalized spacial score (nSPS) is 16.8. The maximum absolute atomic E-state index is 10.2. The van der Waals surface area contributed by atoms with E-state index >= 15 is 0 Å². The fourth-order valence-corrected chi connectivity index (χ4v) is 1.74. The van der Waals surface area contributed by atoms with Gasteiger partial charge in [0.25, 0.3) is 5.91 Å². The van der Waals surface area contributed by atoms with Gasteiger partial charge in [-0.15, -0.1) is 0 Å². The summed E-state index contributed by atoms with van der Waals surface area (Å²) in [6.45, 7) is 6.38. The number of carbonyl (C=O) groups excluding carboxylic acids is 2. The van der Waals surface area contributed by atoms with Crippen molar-refractivity contribution in [2.75, 3.05) is 0 Å². The summed E-state index contributed by atoms with van der Waals surface area (Å²) in [4.78, 5) is 20.4. The van der Waals surface area contributed by atoms with Crippen LogP contribution in [0.15, 0.2) is 18.2 Å². The lowest BCUT2D eigenvalue weighted by Crippen LogP contribution is -2.24. The van der Waals surface area contributed by atoms with Crippen molar-refractivity contribution in [1.82, 2.24) is 5.32 Å². The predicted octanol–water partition coefficient (Wildman–Crippen LogP) is -0.176. The molecule has 1 fully saturated rings. The molecule has 0 saturated carbocycles. The number of aryl methyl sites for hydroxylation is 3. The molecule has 0 radical (unpaired) electrons. The lowest BCUT2D eigenvalue weighted by Gasteiger charge is -1.96. The molecule has 2 amide bonds. The fraction of sp³-hybridized carbons (Fsp3) is 0.385. The zero-order chi connectivity index (χ0) is 15.0. The molecule has 1 heterocycles. The van der Waals surface area contributed by atoms with Crippen molar-refractivity contribution in [3.63, 3.8) is 0 Å². The molecule has 6 N–H and O–H groups in total. The van der Waals surface area contributed by atoms with Gasteiger partial charge in [0.05, 0.1) is 6.42 Å². The molecule has 0 aliphatic carbocycles. The lowest BCUT2D eigenvalue weighted by molar-refractivity contribution is -0.127. The van der Waals surface area contributed by atoms with E-state index in [1.165, 1.54) is 16.7 Å². The fourth-order valence-electron chi connectivity index (χ4n) is 1.74. The first kappa shape index (κ1) is 17.2. The van der Waals surface area contributed by atoms with Crippen molar-refractivity contribution >= 4 is 11.8 Å². The number of rotatable bonds is 0. The summed E-state index contributed by atoms with van der Waals surface area (Å²) in [7, 11) is 0. The van der Waals surface area contributed by atoms with Crippen molar-refractivity contribution in [1.29, 1.82) is 0 Å². The highest BCUT2D eigenvalue weighted by molar-refractivity contribution is 6.04. The van der Waals surface area contributed by atoms with Gasteiger partial charge in [-0.3, -0.25) is 26.6 Å². The molecule has 0 spiro atoms. The van der Waals surface area contributed by atoms with Crippen LogP contribution in [-0.2, 0) is 9.59 Å². The lowest BCUT2D eigenvalue weighted by atomic mass is 10.1. The van der Waals surface area contributed by atoms with Gasteiger partial charge < -0.3 is 5.11 Å². The summed E-state index contributed by atoms with van der Waals surface area (Å²) in [5.74, 6) is 7.01. The minimum Gasteiger partial charge on any atom is -0.383 e. The van der Waals surface area contributed by atoms with E-state index in [4.69, 9.17) is 5.11 Å². The highest BCUT2D eigenvalue weighted by Crippen LogP contribution is 2.06. The Hall–Kier alpha value is -1.76. The van der Waals surface area contributed by atoms with E-state index in [0.29, 0.717) is 0 Å². The number of hydrogen-bond donors (Lipinski definition) is 4. The van der Waals surface area contributed by atoms with E-state index in [9.17, 15) is 9.59 Å². The van der Waals surface area contributed by atoms with Gasteiger partial charge in [0, 0.05) is 0 Å². The Bertz CT molecular complexity index is 396. The minimum atomic E-state index is -1.11. The van der Waals surface area contributed by atoms with Crippen LogP contribution in [0.4, 0.5) is 0 Å². The highest BCUT2D eigenvalue weighted by atomic mass is 16.3. The second kappa shape index (κ2) is 8.36. The Labute approximate surface area is 112 Å². The number of nitrogens with two attached hydrogens (primary N) is 2. The molecule has 2 rings (SSSR count). The average molecular weight is 267 g/mol. The van der Waals surface area contributed by atoms with E-state index in [0.717, 1.165) is 0 Å². The van der Waals surface area contributed by atoms with E-state index < -0.39 is 17.9 Å². The molecule has 6 heteroatoms. The maximum Gasteiger partial charge on any atom is 0.255 e. The van der Waals surface area contributed by atoms with Crippen LogP contribution in [0.25, 0.3) is 0 Å². The molecule has 1 unspecified atom stereocenters. The third-order valence-electron chi connectivity index (χ3n) is 2.31. The van der Waals surface area contributed by atoms with Crippen LogP contribution in [0, 0.1) is 20.8 Å². The molecule has 1 aromatic rings. The number of aliphatic hydroxyl groups excluding tert-OH is 1. The molecular formula is C13H21N3O3. The second-order valence-electron chi connectivity index (χ2n) is 4.30. The molecule has 0 aromatic heterocycles. The van der Waals surface area contributed by atoms with Gasteiger partial charge in [-0.05, 0) is 20.8 Å². The molecule has 1 aliphatic rings. The van der Waals surface area contributed by atoms with Gasteiger partial charge >= 0.3 is 0 Å². The summed E-state index contributed by atoms with van der Waals surface area (Å²) in [6, 6.07) is 6.56. The maximum atomic E-state index is 10.2. The number of benzene rings is 1. The molecule has 19 heavy (non-hydrogen) atoms. The van der Waals surface area contributed by atoms with Crippen LogP contribution in [0.2, 0.25) is 0 Å². The highest BCUT2D eigenvalue weighted by Gasteiger charge is 2.27. The van der Waals surface area contributed by atoms with Gasteiger partial charge in [-0.2, -0.15) is 0 Å². The monoisotopic (exact) mass is 267 g/mol. The Morgan fingerprint density at radius 2 is 1.42 bits per heavy atom. The topological polar surface area (TPSA) is 118 Å². The Morgan fingerprint density at radius 3 is 1.58 bits per heavy atom. The quantitative estimate of drug-likeness (QED) is 0.295. The summed E-state index contributed by atoms with van der Waals surface area (Å²) in [5, 5.41) is 10.5. The SMILES string of the molecule is Cc1cc(C)cc(C)c1.NN.O=C1CC(O)C(=O)N1. The Kier molecular flexibility index (Phi) is 7.59. The van der Waals surface area contributed by atoms with Gasteiger partial charge in [-0.25, -0.2) is 0 Å². The number of hydrogen-bond acceptors (Lipinski definition) is 5. The van der Waals surface area contributed by atoms with Crippen LogP contribution < -0.4 is 17.0 Å². The Morgan fingerprint density at radius 1 is 1.05 bits per heavy atom. The largest absolute Gasteiger partial charge is 0.383 e. The van der Waals surface area contributed by atoms with E-state index in [1.54, 1.807) is 0 Å². The molecule has 6 nitrogen and oxygen atoms in total. The van der Waals surface area contributed by atoms with Crippen molar-refractivity contribution in [2.24, 2.45) is 11.7 Å². The summed E-state index contributed by atoms with van der Waals surface area (Å²) < 4.78 is 0. The van der Waals surface area contributed by atoms with Crippen LogP contribution in [-0.4, -0.2) is 23.0 Å². The van der Waals surface area contributed by atoms with Gasteiger partial charge in [0.15, 0.2) is 0 Å². The average Bonchev–Trinajstić information content (AvgIpc) is 2.57. The molecular weight excluding hydrogens is 246 g/mol. The van der Waals surface area contributed by atoms with Crippen molar-refractivity contribution < 1.29 is 14.7 Å². The van der Waals surface area contributed by atoms with Crippen LogP contribution in [0.3, 0.4) is 0 Å². The van der Waals surface area contributed by atoms with Crippen LogP contribution in [0.5, 0.6) is 0 Å². The third kappa shape index (κ3) is 6.66. The molecule has 1 saturated heterocycles. The van der Waals surface area contributed by atoms with Crippen LogP contribution >= 0.6 is 0 Å². The molecule has 1 aromatic carbocycles. The molecule has 106 valence electrons. The number of imide groups is 1. The second-order valence-corrected chi connectivity index (χ2v) is 4.30. The molecule has 1 aliphatic heterocycles. The van der Waals surface area contributed by atoms with E-state index in [2.05, 4.69) is 50.7 Å².